The molecule has 0 spiro atoms. The molecule has 0 amide bonds. The Morgan fingerprint density at radius 3 is 1.82 bits per heavy atom. The van der Waals surface area contributed by atoms with Gasteiger partial charge in [-0.25, -0.2) is 0 Å². The van der Waals surface area contributed by atoms with Crippen molar-refractivity contribution in [3.63, 3.8) is 0 Å². The van der Waals surface area contributed by atoms with Gasteiger partial charge in [0, 0.05) is 0 Å². The van der Waals surface area contributed by atoms with Crippen LogP contribution in [0, 0.1) is 5.92 Å². The van der Waals surface area contributed by atoms with Gasteiger partial charge in [-0.3, -0.25) is 0 Å². The van der Waals surface area contributed by atoms with Gasteiger partial charge in [0.1, 0.15) is 5.75 Å². The molecule has 0 saturated heterocycles. The zero-order valence-electron chi connectivity index (χ0n) is 16.9. The second-order valence-corrected chi connectivity index (χ2v) is 7.40. The molecule has 4 heteroatoms. The number of ether oxygens (including phenoxy) is 1. The smallest absolute Gasteiger partial charge is 0.406 e. The van der Waals surface area contributed by atoms with Crippen LogP contribution in [0.25, 0.3) is 11.1 Å². The molecule has 0 aliphatic carbocycles. The van der Waals surface area contributed by atoms with Crippen molar-refractivity contribution < 1.29 is 17.9 Å². The van der Waals surface area contributed by atoms with Crippen molar-refractivity contribution in [2.45, 2.75) is 71.6 Å². The van der Waals surface area contributed by atoms with Crippen molar-refractivity contribution >= 4 is 0 Å². The van der Waals surface area contributed by atoms with Crippen LogP contribution in [0.5, 0.6) is 5.75 Å². The normalized spacial score (nSPS) is 11.8. The zero-order valence-corrected chi connectivity index (χ0v) is 16.9. The van der Waals surface area contributed by atoms with Crippen molar-refractivity contribution in [3.05, 3.63) is 54.1 Å². The van der Waals surface area contributed by atoms with Gasteiger partial charge in [-0.15, -0.1) is 13.2 Å². The van der Waals surface area contributed by atoms with Crippen molar-refractivity contribution in [1.82, 2.24) is 0 Å². The minimum absolute atomic E-state index is 0.197. The second kappa shape index (κ2) is 11.1. The van der Waals surface area contributed by atoms with Gasteiger partial charge in [0.15, 0.2) is 0 Å². The second-order valence-electron chi connectivity index (χ2n) is 7.40. The third-order valence-electron chi connectivity index (χ3n) is 5.36. The van der Waals surface area contributed by atoms with Crippen molar-refractivity contribution in [1.29, 1.82) is 0 Å². The molecule has 0 bridgehead atoms. The maximum absolute atomic E-state index is 12.2. The summed E-state index contributed by atoms with van der Waals surface area (Å²) in [6, 6.07) is 14.3. The lowest BCUT2D eigenvalue weighted by Gasteiger charge is -2.11. The lowest BCUT2D eigenvalue weighted by Crippen LogP contribution is -2.16. The van der Waals surface area contributed by atoms with E-state index in [0.29, 0.717) is 0 Å². The highest BCUT2D eigenvalue weighted by Crippen LogP contribution is 2.27. The maximum Gasteiger partial charge on any atom is 0.573 e. The van der Waals surface area contributed by atoms with Gasteiger partial charge in [0.25, 0.3) is 0 Å². The Morgan fingerprint density at radius 1 is 0.750 bits per heavy atom. The highest BCUT2D eigenvalue weighted by molar-refractivity contribution is 5.64. The van der Waals surface area contributed by atoms with Gasteiger partial charge >= 0.3 is 6.36 Å². The van der Waals surface area contributed by atoms with E-state index < -0.39 is 6.36 Å². The molecule has 0 aliphatic rings. The fourth-order valence-electron chi connectivity index (χ4n) is 3.53. The molecule has 154 valence electrons. The number of unbranched alkanes of at least 4 members (excludes halogenated alkanes) is 3. The van der Waals surface area contributed by atoms with E-state index >= 15 is 0 Å². The predicted molar refractivity (Wildman–Crippen MR) is 109 cm³/mol. The van der Waals surface area contributed by atoms with E-state index in [1.54, 1.807) is 12.1 Å². The van der Waals surface area contributed by atoms with E-state index in [9.17, 15) is 13.2 Å². The van der Waals surface area contributed by atoms with Crippen molar-refractivity contribution in [3.8, 4) is 16.9 Å². The van der Waals surface area contributed by atoms with E-state index in [1.165, 1.54) is 62.6 Å². The standard InChI is InChI=1S/C24H31F3O/c1-3-19(4-2)9-7-5-6-8-10-20-11-13-21(14-12-20)22-15-17-23(18-16-22)28-24(25,26)27/h11-19H,3-10H2,1-2H3. The van der Waals surface area contributed by atoms with Crippen LogP contribution in [0.4, 0.5) is 13.2 Å². The largest absolute Gasteiger partial charge is 0.573 e. The molecular formula is C24H31F3O. The summed E-state index contributed by atoms with van der Waals surface area (Å²) in [7, 11) is 0. The minimum Gasteiger partial charge on any atom is -0.406 e. The molecule has 0 atom stereocenters. The third-order valence-corrected chi connectivity index (χ3v) is 5.36. The summed E-state index contributed by atoms with van der Waals surface area (Å²) < 4.78 is 40.6. The van der Waals surface area contributed by atoms with Gasteiger partial charge in [0.05, 0.1) is 0 Å². The number of hydrogen-bond donors (Lipinski definition) is 0. The van der Waals surface area contributed by atoms with E-state index in [4.69, 9.17) is 0 Å². The summed E-state index contributed by atoms with van der Waals surface area (Å²) >= 11 is 0. The van der Waals surface area contributed by atoms with Crippen LogP contribution < -0.4 is 4.74 Å². The monoisotopic (exact) mass is 392 g/mol. The van der Waals surface area contributed by atoms with Gasteiger partial charge in [-0.2, -0.15) is 0 Å². The first-order valence-corrected chi connectivity index (χ1v) is 10.4. The van der Waals surface area contributed by atoms with Crippen molar-refractivity contribution in [2.75, 3.05) is 0 Å². The Labute approximate surface area is 166 Å². The van der Waals surface area contributed by atoms with Crippen LogP contribution in [0.2, 0.25) is 0 Å². The Hall–Kier alpha value is -1.97. The van der Waals surface area contributed by atoms with E-state index in [2.05, 4.69) is 30.7 Å². The van der Waals surface area contributed by atoms with Crippen LogP contribution in [-0.4, -0.2) is 6.36 Å². The Kier molecular flexibility index (Phi) is 8.88. The molecule has 0 fully saturated rings. The molecule has 2 rings (SSSR count). The van der Waals surface area contributed by atoms with Crippen LogP contribution >= 0.6 is 0 Å². The summed E-state index contributed by atoms with van der Waals surface area (Å²) in [6.45, 7) is 4.56. The van der Waals surface area contributed by atoms with Gasteiger partial charge in [-0.1, -0.05) is 88.8 Å². The first-order valence-electron chi connectivity index (χ1n) is 10.4. The summed E-state index contributed by atoms with van der Waals surface area (Å²) in [6.07, 6.45) is 5.46. The SMILES string of the molecule is CCC(CC)CCCCCCc1ccc(-c2ccc(OC(F)(F)F)cc2)cc1. The summed E-state index contributed by atoms with van der Waals surface area (Å²) in [4.78, 5) is 0. The molecule has 0 radical (unpaired) electrons. The van der Waals surface area contributed by atoms with E-state index in [0.717, 1.165) is 23.5 Å². The Balaban J connectivity index is 1.75. The zero-order chi connectivity index (χ0) is 20.4. The lowest BCUT2D eigenvalue weighted by atomic mass is 9.95. The topological polar surface area (TPSA) is 9.23 Å². The maximum atomic E-state index is 12.2. The first kappa shape index (κ1) is 22.3. The fraction of sp³-hybridized carbons (Fsp3) is 0.500. The molecule has 2 aromatic rings. The molecular weight excluding hydrogens is 361 g/mol. The van der Waals surface area contributed by atoms with Crippen LogP contribution in [0.15, 0.2) is 48.5 Å². The van der Waals surface area contributed by atoms with Crippen LogP contribution in [-0.2, 0) is 6.42 Å². The predicted octanol–water partition coefficient (Wildman–Crippen LogP) is 8.18. The Morgan fingerprint density at radius 2 is 1.29 bits per heavy atom. The average Bonchev–Trinajstić information content (AvgIpc) is 2.67. The molecule has 28 heavy (non-hydrogen) atoms. The molecule has 0 aliphatic heterocycles. The first-order chi connectivity index (χ1) is 13.4. The molecule has 0 saturated carbocycles. The fourth-order valence-corrected chi connectivity index (χ4v) is 3.53. The number of benzene rings is 2. The third kappa shape index (κ3) is 7.95. The number of aryl methyl sites for hydroxylation is 1. The molecule has 0 heterocycles. The van der Waals surface area contributed by atoms with Crippen LogP contribution in [0.3, 0.4) is 0 Å². The highest BCUT2D eigenvalue weighted by Gasteiger charge is 2.30. The lowest BCUT2D eigenvalue weighted by molar-refractivity contribution is -0.274. The number of halogens is 3. The Bertz CT molecular complexity index is 670. The van der Waals surface area contributed by atoms with Gasteiger partial charge in [0.2, 0.25) is 0 Å². The molecule has 1 nitrogen and oxygen atoms in total. The van der Waals surface area contributed by atoms with E-state index in [1.807, 2.05) is 12.1 Å². The summed E-state index contributed by atoms with van der Waals surface area (Å²) in [5.74, 6) is 0.693. The average molecular weight is 393 g/mol. The summed E-state index contributed by atoms with van der Waals surface area (Å²) in [5, 5.41) is 0. The number of rotatable bonds is 11. The molecule has 0 unspecified atom stereocenters. The van der Waals surface area contributed by atoms with Crippen LogP contribution in [0.1, 0.15) is 64.4 Å². The number of hydrogen-bond acceptors (Lipinski definition) is 1. The quantitative estimate of drug-likeness (QED) is 0.350. The van der Waals surface area contributed by atoms with E-state index in [-0.39, 0.29) is 5.75 Å². The van der Waals surface area contributed by atoms with Gasteiger partial charge in [-0.05, 0) is 47.6 Å². The highest BCUT2D eigenvalue weighted by atomic mass is 19.4. The minimum atomic E-state index is -4.66. The summed E-state index contributed by atoms with van der Waals surface area (Å²) in [5.41, 5.74) is 3.18. The molecule has 0 aromatic heterocycles. The van der Waals surface area contributed by atoms with Crippen molar-refractivity contribution in [2.24, 2.45) is 5.92 Å². The molecule has 0 N–H and O–H groups in total. The molecule has 2 aromatic carbocycles. The van der Waals surface area contributed by atoms with Gasteiger partial charge < -0.3 is 4.74 Å². The number of alkyl halides is 3.